The first-order valence-electron chi connectivity index (χ1n) is 9.06. The Hall–Kier alpha value is -1.69. The molecule has 1 aromatic rings. The zero-order valence-electron chi connectivity index (χ0n) is 15.0. The van der Waals surface area contributed by atoms with Gasteiger partial charge in [-0.25, -0.2) is 8.78 Å². The predicted octanol–water partition coefficient (Wildman–Crippen LogP) is 3.14. The third-order valence-corrected chi connectivity index (χ3v) is 5.26. The molecule has 1 saturated heterocycles. The Labute approximate surface area is 148 Å². The molecule has 1 aliphatic heterocycles. The van der Waals surface area contributed by atoms with Crippen molar-refractivity contribution in [2.24, 2.45) is 10.9 Å². The van der Waals surface area contributed by atoms with Crippen LogP contribution in [0.15, 0.2) is 23.2 Å². The third kappa shape index (κ3) is 4.48. The first-order chi connectivity index (χ1) is 12.1. The Morgan fingerprint density at radius 2 is 1.96 bits per heavy atom. The van der Waals surface area contributed by atoms with Gasteiger partial charge < -0.3 is 15.0 Å². The van der Waals surface area contributed by atoms with E-state index in [1.165, 1.54) is 18.2 Å². The summed E-state index contributed by atoms with van der Waals surface area (Å²) in [6.45, 7) is 2.63. The minimum Gasteiger partial charge on any atom is -0.381 e. The second-order valence-electron chi connectivity index (χ2n) is 7.04. The summed E-state index contributed by atoms with van der Waals surface area (Å²) in [4.78, 5) is 6.42. The van der Waals surface area contributed by atoms with E-state index in [4.69, 9.17) is 4.74 Å². The lowest BCUT2D eigenvalue weighted by Crippen LogP contribution is -2.41. The second-order valence-corrected chi connectivity index (χ2v) is 7.04. The summed E-state index contributed by atoms with van der Waals surface area (Å²) < 4.78 is 33.2. The standard InChI is InChI=1S/C19H27F2N3O/c1-22-19(24(2)9-6-13-7-10-25-11-8-13)23-17-12-14(17)18-15(20)4-3-5-16(18)21/h3-5,13-14,17H,6-12H2,1-2H3,(H,22,23). The molecular formula is C19H27F2N3O. The zero-order chi connectivity index (χ0) is 17.8. The van der Waals surface area contributed by atoms with Gasteiger partial charge in [-0.2, -0.15) is 0 Å². The van der Waals surface area contributed by atoms with Crippen molar-refractivity contribution in [1.82, 2.24) is 10.2 Å². The van der Waals surface area contributed by atoms with Crippen LogP contribution in [-0.4, -0.2) is 50.8 Å². The van der Waals surface area contributed by atoms with Crippen LogP contribution < -0.4 is 5.32 Å². The summed E-state index contributed by atoms with van der Waals surface area (Å²) in [5.41, 5.74) is 0.195. The minimum absolute atomic E-state index is 0.0376. The van der Waals surface area contributed by atoms with Crippen LogP contribution in [0.2, 0.25) is 0 Å². The molecule has 1 aliphatic carbocycles. The van der Waals surface area contributed by atoms with Gasteiger partial charge >= 0.3 is 0 Å². The Morgan fingerprint density at radius 1 is 1.28 bits per heavy atom. The molecule has 0 amide bonds. The van der Waals surface area contributed by atoms with Gasteiger partial charge in [0.05, 0.1) is 0 Å². The highest BCUT2D eigenvalue weighted by molar-refractivity contribution is 5.80. The molecule has 2 atom stereocenters. The van der Waals surface area contributed by atoms with E-state index in [-0.39, 0.29) is 17.5 Å². The van der Waals surface area contributed by atoms with Gasteiger partial charge in [0.2, 0.25) is 0 Å². The van der Waals surface area contributed by atoms with Gasteiger partial charge in [-0.3, -0.25) is 4.99 Å². The fourth-order valence-corrected chi connectivity index (χ4v) is 3.57. The molecule has 1 N–H and O–H groups in total. The molecule has 2 fully saturated rings. The maximum Gasteiger partial charge on any atom is 0.193 e. The first-order valence-corrected chi connectivity index (χ1v) is 9.06. The van der Waals surface area contributed by atoms with Gasteiger partial charge in [0, 0.05) is 51.4 Å². The van der Waals surface area contributed by atoms with Crippen molar-refractivity contribution in [2.75, 3.05) is 33.9 Å². The monoisotopic (exact) mass is 351 g/mol. The van der Waals surface area contributed by atoms with Crippen molar-refractivity contribution in [2.45, 2.75) is 37.6 Å². The number of rotatable bonds is 5. The molecular weight excluding hydrogens is 324 g/mol. The van der Waals surface area contributed by atoms with E-state index >= 15 is 0 Å². The SMILES string of the molecule is CN=C(NC1CC1c1c(F)cccc1F)N(C)CCC1CCOCC1. The van der Waals surface area contributed by atoms with E-state index in [0.29, 0.717) is 5.92 Å². The van der Waals surface area contributed by atoms with Crippen LogP contribution in [0.4, 0.5) is 8.78 Å². The molecule has 2 unspecified atom stereocenters. The van der Waals surface area contributed by atoms with Crippen molar-refractivity contribution in [3.8, 4) is 0 Å². The Balaban J connectivity index is 1.51. The van der Waals surface area contributed by atoms with Gasteiger partial charge in [0.15, 0.2) is 5.96 Å². The summed E-state index contributed by atoms with van der Waals surface area (Å²) >= 11 is 0. The quantitative estimate of drug-likeness (QED) is 0.654. The molecule has 0 bridgehead atoms. The lowest BCUT2D eigenvalue weighted by atomic mass is 9.96. The maximum absolute atomic E-state index is 13.9. The van der Waals surface area contributed by atoms with Crippen LogP contribution in [0.3, 0.4) is 0 Å². The Kier molecular flexibility index (Phi) is 5.89. The fourth-order valence-electron chi connectivity index (χ4n) is 3.57. The molecule has 0 spiro atoms. The molecule has 1 heterocycles. The van der Waals surface area contributed by atoms with Gasteiger partial charge in [-0.05, 0) is 43.7 Å². The summed E-state index contributed by atoms with van der Waals surface area (Å²) in [6, 6.07) is 4.09. The van der Waals surface area contributed by atoms with E-state index in [2.05, 4.69) is 15.2 Å². The third-order valence-electron chi connectivity index (χ3n) is 5.26. The highest BCUT2D eigenvalue weighted by atomic mass is 19.1. The van der Waals surface area contributed by atoms with E-state index in [1.54, 1.807) is 7.05 Å². The fraction of sp³-hybridized carbons (Fsp3) is 0.632. The number of guanidine groups is 1. The van der Waals surface area contributed by atoms with Crippen LogP contribution >= 0.6 is 0 Å². The summed E-state index contributed by atoms with van der Waals surface area (Å²) in [7, 11) is 3.75. The molecule has 0 aromatic heterocycles. The van der Waals surface area contributed by atoms with Crippen LogP contribution in [0.1, 0.15) is 37.2 Å². The number of benzene rings is 1. The van der Waals surface area contributed by atoms with Crippen LogP contribution in [-0.2, 0) is 4.74 Å². The topological polar surface area (TPSA) is 36.9 Å². The first kappa shape index (κ1) is 18.1. The lowest BCUT2D eigenvalue weighted by molar-refractivity contribution is 0.0625. The number of aliphatic imine (C=N–C) groups is 1. The van der Waals surface area contributed by atoms with Gasteiger partial charge in [-0.1, -0.05) is 6.07 Å². The van der Waals surface area contributed by atoms with Gasteiger partial charge in [0.1, 0.15) is 11.6 Å². The van der Waals surface area contributed by atoms with Crippen LogP contribution in [0, 0.1) is 17.6 Å². The van der Waals surface area contributed by atoms with E-state index in [1.807, 2.05) is 7.05 Å². The summed E-state index contributed by atoms with van der Waals surface area (Å²) in [6.07, 6.45) is 4.08. The zero-order valence-corrected chi connectivity index (χ0v) is 15.0. The largest absolute Gasteiger partial charge is 0.381 e. The van der Waals surface area contributed by atoms with Crippen molar-refractivity contribution in [3.63, 3.8) is 0 Å². The molecule has 138 valence electrons. The minimum atomic E-state index is -0.461. The molecule has 1 aromatic carbocycles. The van der Waals surface area contributed by atoms with Crippen molar-refractivity contribution < 1.29 is 13.5 Å². The molecule has 6 heteroatoms. The smallest absolute Gasteiger partial charge is 0.193 e. The molecule has 4 nitrogen and oxygen atoms in total. The van der Waals surface area contributed by atoms with Crippen LogP contribution in [0.25, 0.3) is 0 Å². The van der Waals surface area contributed by atoms with Crippen molar-refractivity contribution in [1.29, 1.82) is 0 Å². The van der Waals surface area contributed by atoms with Crippen LogP contribution in [0.5, 0.6) is 0 Å². The highest BCUT2D eigenvalue weighted by Gasteiger charge is 2.42. The number of nitrogens with one attached hydrogen (secondary N) is 1. The van der Waals surface area contributed by atoms with Crippen molar-refractivity contribution >= 4 is 5.96 Å². The average molecular weight is 351 g/mol. The van der Waals surface area contributed by atoms with E-state index in [0.717, 1.165) is 51.4 Å². The van der Waals surface area contributed by atoms with Gasteiger partial charge in [0.25, 0.3) is 0 Å². The average Bonchev–Trinajstić information content (AvgIpc) is 3.37. The Morgan fingerprint density at radius 3 is 2.60 bits per heavy atom. The summed E-state index contributed by atoms with van der Waals surface area (Å²) in [5.74, 6) is 0.447. The number of hydrogen-bond donors (Lipinski definition) is 1. The number of hydrogen-bond acceptors (Lipinski definition) is 2. The predicted molar refractivity (Wildman–Crippen MR) is 94.8 cm³/mol. The molecule has 0 radical (unpaired) electrons. The highest BCUT2D eigenvalue weighted by Crippen LogP contribution is 2.43. The number of halogens is 2. The Bertz CT molecular complexity index is 596. The molecule has 25 heavy (non-hydrogen) atoms. The van der Waals surface area contributed by atoms with E-state index in [9.17, 15) is 8.78 Å². The van der Waals surface area contributed by atoms with E-state index < -0.39 is 11.6 Å². The maximum atomic E-state index is 13.9. The van der Waals surface area contributed by atoms with Crippen molar-refractivity contribution in [3.05, 3.63) is 35.4 Å². The second kappa shape index (κ2) is 8.13. The number of ether oxygens (including phenoxy) is 1. The normalized spacial score (nSPS) is 24.2. The lowest BCUT2D eigenvalue weighted by Gasteiger charge is -2.27. The molecule has 3 rings (SSSR count). The van der Waals surface area contributed by atoms with Gasteiger partial charge in [-0.15, -0.1) is 0 Å². The summed E-state index contributed by atoms with van der Waals surface area (Å²) in [5, 5.41) is 3.35. The molecule has 1 saturated carbocycles. The number of nitrogens with zero attached hydrogens (tertiary/aromatic N) is 2. The molecule has 2 aliphatic rings.